The molecule has 9 heteroatoms. The minimum atomic E-state index is -4.71. The fraction of sp³-hybridized carbons (Fsp3) is 0.231. The Bertz CT molecular complexity index is 743. The SMILES string of the molecule is O=S(=O)(NCCc1cccs1)c1ccc(Cl)c(C(F)(F)F)c1. The van der Waals surface area contributed by atoms with Crippen molar-refractivity contribution in [1.82, 2.24) is 4.72 Å². The number of hydrogen-bond donors (Lipinski definition) is 1. The van der Waals surface area contributed by atoms with Gasteiger partial charge in [0.25, 0.3) is 0 Å². The zero-order chi connectivity index (χ0) is 16.4. The third-order valence-electron chi connectivity index (χ3n) is 2.80. The Balaban J connectivity index is 2.15. The third-order valence-corrected chi connectivity index (χ3v) is 5.52. The first-order chi connectivity index (χ1) is 10.2. The second kappa shape index (κ2) is 6.57. The molecule has 0 saturated heterocycles. The Morgan fingerprint density at radius 1 is 1.23 bits per heavy atom. The summed E-state index contributed by atoms with van der Waals surface area (Å²) < 4.78 is 64.6. The van der Waals surface area contributed by atoms with Gasteiger partial charge in [-0.3, -0.25) is 0 Å². The molecule has 3 nitrogen and oxygen atoms in total. The Kier molecular flexibility index (Phi) is 5.16. The average molecular weight is 370 g/mol. The number of thiophene rings is 1. The second-order valence-corrected chi connectivity index (χ2v) is 7.57. The highest BCUT2D eigenvalue weighted by Crippen LogP contribution is 2.35. The lowest BCUT2D eigenvalue weighted by molar-refractivity contribution is -0.137. The quantitative estimate of drug-likeness (QED) is 0.867. The number of benzene rings is 1. The first kappa shape index (κ1) is 17.3. The van der Waals surface area contributed by atoms with Crippen molar-refractivity contribution in [3.63, 3.8) is 0 Å². The molecule has 2 aromatic rings. The van der Waals surface area contributed by atoms with E-state index >= 15 is 0 Å². The molecule has 1 heterocycles. The number of sulfonamides is 1. The lowest BCUT2D eigenvalue weighted by Gasteiger charge is -2.12. The fourth-order valence-corrected chi connectivity index (χ4v) is 3.73. The third kappa shape index (κ3) is 4.22. The first-order valence-corrected chi connectivity index (χ1v) is 8.83. The van der Waals surface area contributed by atoms with E-state index in [4.69, 9.17) is 11.6 Å². The number of nitrogens with one attached hydrogen (secondary N) is 1. The van der Waals surface area contributed by atoms with Crippen LogP contribution in [0, 0.1) is 0 Å². The van der Waals surface area contributed by atoms with Gasteiger partial charge in [-0.25, -0.2) is 13.1 Å². The summed E-state index contributed by atoms with van der Waals surface area (Å²) in [7, 11) is -4.02. The van der Waals surface area contributed by atoms with E-state index in [0.717, 1.165) is 17.0 Å². The van der Waals surface area contributed by atoms with Crippen LogP contribution in [-0.4, -0.2) is 15.0 Å². The van der Waals surface area contributed by atoms with Gasteiger partial charge in [0.05, 0.1) is 15.5 Å². The molecule has 0 aliphatic carbocycles. The summed E-state index contributed by atoms with van der Waals surface area (Å²) in [6.07, 6.45) is -4.24. The van der Waals surface area contributed by atoms with E-state index in [0.29, 0.717) is 12.5 Å². The van der Waals surface area contributed by atoms with Gasteiger partial charge in [-0.05, 0) is 36.1 Å². The van der Waals surface area contributed by atoms with Crippen LogP contribution in [0.25, 0.3) is 0 Å². The van der Waals surface area contributed by atoms with E-state index in [1.807, 2.05) is 17.5 Å². The number of alkyl halides is 3. The Morgan fingerprint density at radius 3 is 2.55 bits per heavy atom. The van der Waals surface area contributed by atoms with E-state index in [1.165, 1.54) is 11.3 Å². The van der Waals surface area contributed by atoms with Gasteiger partial charge >= 0.3 is 6.18 Å². The van der Waals surface area contributed by atoms with Crippen molar-refractivity contribution in [2.75, 3.05) is 6.54 Å². The molecule has 0 aliphatic heterocycles. The summed E-state index contributed by atoms with van der Waals surface area (Å²) in [4.78, 5) is 0.519. The van der Waals surface area contributed by atoms with E-state index < -0.39 is 31.7 Å². The maximum atomic E-state index is 12.8. The van der Waals surface area contributed by atoms with Gasteiger partial charge in [-0.15, -0.1) is 11.3 Å². The van der Waals surface area contributed by atoms with Crippen LogP contribution in [0.1, 0.15) is 10.4 Å². The van der Waals surface area contributed by atoms with Crippen molar-refractivity contribution in [2.24, 2.45) is 0 Å². The van der Waals surface area contributed by atoms with Crippen molar-refractivity contribution < 1.29 is 21.6 Å². The molecule has 0 unspecified atom stereocenters. The lowest BCUT2D eigenvalue weighted by atomic mass is 10.2. The first-order valence-electron chi connectivity index (χ1n) is 6.09. The van der Waals surface area contributed by atoms with E-state index in [-0.39, 0.29) is 6.54 Å². The predicted molar refractivity (Wildman–Crippen MR) is 79.7 cm³/mol. The topological polar surface area (TPSA) is 46.2 Å². The molecule has 1 aromatic carbocycles. The molecule has 1 N–H and O–H groups in total. The molecule has 1 aromatic heterocycles. The molecule has 0 radical (unpaired) electrons. The number of halogens is 4. The summed E-state index contributed by atoms with van der Waals surface area (Å²) in [5, 5.41) is 1.32. The highest BCUT2D eigenvalue weighted by atomic mass is 35.5. The second-order valence-electron chi connectivity index (χ2n) is 4.37. The zero-order valence-electron chi connectivity index (χ0n) is 11.0. The van der Waals surface area contributed by atoms with Crippen LogP contribution in [0.15, 0.2) is 40.6 Å². The maximum Gasteiger partial charge on any atom is 0.417 e. The summed E-state index contributed by atoms with van der Waals surface area (Å²) in [6.45, 7) is 0.104. The normalized spacial score (nSPS) is 12.5. The van der Waals surface area contributed by atoms with Crippen LogP contribution >= 0.6 is 22.9 Å². The molecule has 2 rings (SSSR count). The summed E-state index contributed by atoms with van der Waals surface area (Å²) in [5.74, 6) is 0. The van der Waals surface area contributed by atoms with Crippen LogP contribution in [0.4, 0.5) is 13.2 Å². The molecule has 22 heavy (non-hydrogen) atoms. The van der Waals surface area contributed by atoms with E-state index in [2.05, 4.69) is 4.72 Å². The van der Waals surface area contributed by atoms with Crippen LogP contribution in [0.2, 0.25) is 5.02 Å². The monoisotopic (exact) mass is 369 g/mol. The zero-order valence-corrected chi connectivity index (χ0v) is 13.4. The summed E-state index contributed by atoms with van der Waals surface area (Å²) in [5.41, 5.74) is -1.17. The van der Waals surface area contributed by atoms with Crippen LogP contribution in [0.3, 0.4) is 0 Å². The molecule has 120 valence electrons. The molecule has 0 fully saturated rings. The van der Waals surface area contributed by atoms with Crippen LogP contribution in [-0.2, 0) is 22.6 Å². The summed E-state index contributed by atoms with van der Waals surface area (Å²) >= 11 is 6.95. The van der Waals surface area contributed by atoms with Crippen LogP contribution < -0.4 is 4.72 Å². The molecule has 0 spiro atoms. The smallest absolute Gasteiger partial charge is 0.211 e. The van der Waals surface area contributed by atoms with Crippen molar-refractivity contribution in [2.45, 2.75) is 17.5 Å². The van der Waals surface area contributed by atoms with Gasteiger partial charge < -0.3 is 0 Å². The Labute approximate surface area is 134 Å². The van der Waals surface area contributed by atoms with E-state index in [1.54, 1.807) is 0 Å². The molecular weight excluding hydrogens is 359 g/mol. The highest BCUT2D eigenvalue weighted by molar-refractivity contribution is 7.89. The number of rotatable bonds is 5. The van der Waals surface area contributed by atoms with Crippen molar-refractivity contribution in [3.05, 3.63) is 51.2 Å². The molecule has 0 atom stereocenters. The van der Waals surface area contributed by atoms with Gasteiger partial charge in [-0.1, -0.05) is 17.7 Å². The van der Waals surface area contributed by atoms with Crippen molar-refractivity contribution >= 4 is 33.0 Å². The fourth-order valence-electron chi connectivity index (χ4n) is 1.74. The van der Waals surface area contributed by atoms with Crippen molar-refractivity contribution in [3.8, 4) is 0 Å². The van der Waals surface area contributed by atoms with Gasteiger partial charge in [0.15, 0.2) is 0 Å². The Hall–Kier alpha value is -1.09. The molecule has 0 saturated carbocycles. The van der Waals surface area contributed by atoms with Gasteiger partial charge in [0, 0.05) is 11.4 Å². The average Bonchev–Trinajstić information content (AvgIpc) is 2.90. The molecular formula is C13H11ClF3NO2S2. The van der Waals surface area contributed by atoms with Gasteiger partial charge in [-0.2, -0.15) is 13.2 Å². The minimum absolute atomic E-state index is 0.104. The number of hydrogen-bond acceptors (Lipinski definition) is 3. The predicted octanol–water partition coefficient (Wildman–Crippen LogP) is 3.94. The largest absolute Gasteiger partial charge is 0.417 e. The lowest BCUT2D eigenvalue weighted by Crippen LogP contribution is -2.26. The standard InChI is InChI=1S/C13H11ClF3NO2S2/c14-12-4-3-10(8-11(12)13(15,16)17)22(19,20)18-6-5-9-2-1-7-21-9/h1-4,7-8,18H,5-6H2. The molecule has 0 amide bonds. The van der Waals surface area contributed by atoms with Crippen LogP contribution in [0.5, 0.6) is 0 Å². The molecule has 0 aliphatic rings. The maximum absolute atomic E-state index is 12.8. The van der Waals surface area contributed by atoms with Gasteiger partial charge in [0.1, 0.15) is 0 Å². The minimum Gasteiger partial charge on any atom is -0.211 e. The molecule has 0 bridgehead atoms. The Morgan fingerprint density at radius 2 is 1.95 bits per heavy atom. The van der Waals surface area contributed by atoms with Gasteiger partial charge in [0.2, 0.25) is 10.0 Å². The van der Waals surface area contributed by atoms with Crippen molar-refractivity contribution in [1.29, 1.82) is 0 Å². The van der Waals surface area contributed by atoms with E-state index in [9.17, 15) is 21.6 Å². The highest BCUT2D eigenvalue weighted by Gasteiger charge is 2.34. The summed E-state index contributed by atoms with van der Waals surface area (Å²) in [6, 6.07) is 6.20.